The summed E-state index contributed by atoms with van der Waals surface area (Å²) in [6.45, 7) is 0.621. The number of anilines is 2. The predicted octanol–water partition coefficient (Wildman–Crippen LogP) is 3.87. The molecule has 0 saturated carbocycles. The highest BCUT2D eigenvalue weighted by molar-refractivity contribution is 5.92. The lowest BCUT2D eigenvalue weighted by molar-refractivity contribution is -0.384. The summed E-state index contributed by atoms with van der Waals surface area (Å²) in [6.07, 6.45) is -2.37. The van der Waals surface area contributed by atoms with Crippen LogP contribution >= 0.6 is 0 Å². The Morgan fingerprint density at radius 1 is 1.27 bits per heavy atom. The van der Waals surface area contributed by atoms with Gasteiger partial charge in [0.1, 0.15) is 5.69 Å². The zero-order valence-corrected chi connectivity index (χ0v) is 16.0. The number of hydrogen-bond donors (Lipinski definition) is 1. The Labute approximate surface area is 169 Å². The highest BCUT2D eigenvalue weighted by Crippen LogP contribution is 2.37. The largest absolute Gasteiger partial charge is 0.481 e. The van der Waals surface area contributed by atoms with E-state index in [0.29, 0.717) is 43.6 Å². The molecule has 11 heteroatoms. The maximum Gasteiger partial charge on any atom is 0.416 e. The molecule has 1 fully saturated rings. The van der Waals surface area contributed by atoms with Gasteiger partial charge >= 0.3 is 6.18 Å². The standard InChI is InChI=1S/C19H19F3N4O4/c1-30-17-5-3-14(11-23-17)24-18(27)12-6-8-25(9-7-12)15-4-2-13(19(20,21)22)10-16(15)26(28)29/h2-5,10-12H,6-9H2,1H3,(H,24,27). The predicted molar refractivity (Wildman–Crippen MR) is 102 cm³/mol. The number of aromatic nitrogens is 1. The lowest BCUT2D eigenvalue weighted by atomic mass is 9.95. The minimum atomic E-state index is -4.66. The molecule has 0 radical (unpaired) electrons. The maximum absolute atomic E-state index is 12.9. The molecule has 1 N–H and O–H groups in total. The number of nitro benzene ring substituents is 1. The molecule has 1 saturated heterocycles. The third-order valence-corrected chi connectivity index (χ3v) is 4.92. The number of rotatable bonds is 5. The Kier molecular flexibility index (Phi) is 6.09. The van der Waals surface area contributed by atoms with E-state index in [-0.39, 0.29) is 17.5 Å². The van der Waals surface area contributed by atoms with Crippen LogP contribution in [0.4, 0.5) is 30.2 Å². The number of piperidine rings is 1. The van der Waals surface area contributed by atoms with Crippen molar-refractivity contribution in [2.45, 2.75) is 19.0 Å². The third kappa shape index (κ3) is 4.78. The molecule has 0 atom stereocenters. The van der Waals surface area contributed by atoms with Gasteiger partial charge < -0.3 is 15.0 Å². The highest BCUT2D eigenvalue weighted by atomic mass is 19.4. The van der Waals surface area contributed by atoms with E-state index in [1.165, 1.54) is 13.3 Å². The second kappa shape index (κ2) is 8.56. The molecule has 1 amide bonds. The Morgan fingerprint density at radius 2 is 1.97 bits per heavy atom. The van der Waals surface area contributed by atoms with E-state index in [1.807, 2.05) is 0 Å². The van der Waals surface area contributed by atoms with Gasteiger partial charge in [-0.2, -0.15) is 13.2 Å². The van der Waals surface area contributed by atoms with E-state index in [2.05, 4.69) is 10.3 Å². The van der Waals surface area contributed by atoms with Crippen molar-refractivity contribution in [2.75, 3.05) is 30.4 Å². The van der Waals surface area contributed by atoms with Gasteiger partial charge in [-0.3, -0.25) is 14.9 Å². The van der Waals surface area contributed by atoms with Crippen LogP contribution in [0, 0.1) is 16.0 Å². The number of amides is 1. The molecule has 0 spiro atoms. The van der Waals surface area contributed by atoms with Crippen molar-refractivity contribution in [1.29, 1.82) is 0 Å². The van der Waals surface area contributed by atoms with Crippen molar-refractivity contribution in [2.24, 2.45) is 5.92 Å². The van der Waals surface area contributed by atoms with Crippen LogP contribution in [-0.2, 0) is 11.0 Å². The van der Waals surface area contributed by atoms with Gasteiger partial charge in [0.15, 0.2) is 0 Å². The van der Waals surface area contributed by atoms with Gasteiger partial charge in [0, 0.05) is 31.1 Å². The number of hydrogen-bond acceptors (Lipinski definition) is 6. The van der Waals surface area contributed by atoms with Crippen molar-refractivity contribution >= 4 is 23.0 Å². The minimum Gasteiger partial charge on any atom is -0.481 e. The van der Waals surface area contributed by atoms with E-state index in [9.17, 15) is 28.1 Å². The number of nitro groups is 1. The Hall–Kier alpha value is -3.37. The molecule has 3 rings (SSSR count). The number of halogens is 3. The fourth-order valence-electron chi connectivity index (χ4n) is 3.32. The van der Waals surface area contributed by atoms with Gasteiger partial charge in [0.25, 0.3) is 5.69 Å². The van der Waals surface area contributed by atoms with E-state index in [4.69, 9.17) is 4.74 Å². The normalized spacial score (nSPS) is 15.0. The number of nitrogens with one attached hydrogen (secondary N) is 1. The summed E-state index contributed by atoms with van der Waals surface area (Å²) in [5, 5.41) is 14.1. The van der Waals surface area contributed by atoms with Crippen LogP contribution in [0.25, 0.3) is 0 Å². The Bertz CT molecular complexity index is 926. The minimum absolute atomic E-state index is 0.117. The van der Waals surface area contributed by atoms with Gasteiger partial charge in [0.2, 0.25) is 11.8 Å². The fourth-order valence-corrected chi connectivity index (χ4v) is 3.32. The van der Waals surface area contributed by atoms with Gasteiger partial charge in [-0.25, -0.2) is 4.98 Å². The first-order valence-electron chi connectivity index (χ1n) is 9.10. The van der Waals surface area contributed by atoms with E-state index in [1.54, 1.807) is 17.0 Å². The molecular formula is C19H19F3N4O4. The van der Waals surface area contributed by atoms with Crippen molar-refractivity contribution in [3.05, 3.63) is 52.2 Å². The monoisotopic (exact) mass is 424 g/mol. The van der Waals surface area contributed by atoms with Crippen LogP contribution in [0.15, 0.2) is 36.5 Å². The average Bonchev–Trinajstić information content (AvgIpc) is 2.73. The SMILES string of the molecule is COc1ccc(NC(=O)C2CCN(c3ccc(C(F)(F)F)cc3[N+](=O)[O-])CC2)cn1. The van der Waals surface area contributed by atoms with E-state index in [0.717, 1.165) is 12.1 Å². The molecule has 8 nitrogen and oxygen atoms in total. The van der Waals surface area contributed by atoms with Crippen LogP contribution in [0.2, 0.25) is 0 Å². The molecule has 1 aliphatic heterocycles. The Balaban J connectivity index is 1.66. The van der Waals surface area contributed by atoms with Gasteiger partial charge in [-0.15, -0.1) is 0 Å². The fraction of sp³-hybridized carbons (Fsp3) is 0.368. The second-order valence-corrected chi connectivity index (χ2v) is 6.80. The van der Waals surface area contributed by atoms with Gasteiger partial charge in [-0.1, -0.05) is 0 Å². The summed E-state index contributed by atoms with van der Waals surface area (Å²) in [6, 6.07) is 5.76. The number of carbonyl (C=O) groups is 1. The molecule has 160 valence electrons. The summed E-state index contributed by atoms with van der Waals surface area (Å²) in [5.41, 5.74) is -1.04. The van der Waals surface area contributed by atoms with Crippen molar-refractivity contribution in [3.63, 3.8) is 0 Å². The smallest absolute Gasteiger partial charge is 0.416 e. The molecule has 1 aliphatic rings. The first kappa shape index (κ1) is 21.3. The molecule has 30 heavy (non-hydrogen) atoms. The van der Waals surface area contributed by atoms with Crippen LogP contribution in [0.1, 0.15) is 18.4 Å². The average molecular weight is 424 g/mol. The van der Waals surface area contributed by atoms with Crippen LogP contribution in [0.5, 0.6) is 5.88 Å². The number of methoxy groups -OCH3 is 1. The Morgan fingerprint density at radius 3 is 2.50 bits per heavy atom. The second-order valence-electron chi connectivity index (χ2n) is 6.80. The molecule has 1 aromatic heterocycles. The van der Waals surface area contributed by atoms with Gasteiger partial charge in [0.05, 0.1) is 29.5 Å². The lowest BCUT2D eigenvalue weighted by Gasteiger charge is -2.32. The molecule has 0 unspecified atom stereocenters. The summed E-state index contributed by atoms with van der Waals surface area (Å²) in [4.78, 5) is 28.6. The molecule has 0 bridgehead atoms. The molecule has 1 aromatic carbocycles. The van der Waals surface area contributed by atoms with Crippen molar-refractivity contribution < 1.29 is 27.6 Å². The van der Waals surface area contributed by atoms with Crippen LogP contribution in [-0.4, -0.2) is 36.0 Å². The maximum atomic E-state index is 12.9. The number of ether oxygens (including phenoxy) is 1. The van der Waals surface area contributed by atoms with Crippen LogP contribution < -0.4 is 15.0 Å². The first-order valence-corrected chi connectivity index (χ1v) is 9.10. The summed E-state index contributed by atoms with van der Waals surface area (Å²) < 4.78 is 43.6. The quantitative estimate of drug-likeness (QED) is 0.578. The number of nitrogens with zero attached hydrogens (tertiary/aromatic N) is 3. The summed E-state index contributed by atoms with van der Waals surface area (Å²) in [7, 11) is 1.48. The van der Waals surface area contributed by atoms with Crippen molar-refractivity contribution in [1.82, 2.24) is 4.98 Å². The molecule has 2 heterocycles. The summed E-state index contributed by atoms with van der Waals surface area (Å²) in [5.74, 6) is -0.111. The first-order chi connectivity index (χ1) is 14.2. The zero-order chi connectivity index (χ0) is 21.9. The number of carbonyl (C=O) groups excluding carboxylic acids is 1. The van der Waals surface area contributed by atoms with E-state index < -0.39 is 22.4 Å². The van der Waals surface area contributed by atoms with Crippen LogP contribution in [0.3, 0.4) is 0 Å². The van der Waals surface area contributed by atoms with Gasteiger partial charge in [-0.05, 0) is 31.0 Å². The highest BCUT2D eigenvalue weighted by Gasteiger charge is 2.34. The van der Waals surface area contributed by atoms with E-state index >= 15 is 0 Å². The summed E-state index contributed by atoms with van der Waals surface area (Å²) >= 11 is 0. The molecule has 0 aliphatic carbocycles. The number of alkyl halides is 3. The molecular weight excluding hydrogens is 405 g/mol. The zero-order valence-electron chi connectivity index (χ0n) is 16.0. The molecule has 2 aromatic rings. The number of pyridine rings is 1. The number of benzene rings is 1. The lowest BCUT2D eigenvalue weighted by Crippen LogP contribution is -2.38. The topological polar surface area (TPSA) is 97.6 Å². The third-order valence-electron chi connectivity index (χ3n) is 4.92. The van der Waals surface area contributed by atoms with Crippen molar-refractivity contribution in [3.8, 4) is 5.88 Å².